The Balaban J connectivity index is 3.89. The summed E-state index contributed by atoms with van der Waals surface area (Å²) in [6, 6.07) is 0. The zero-order chi connectivity index (χ0) is 11.9. The summed E-state index contributed by atoms with van der Waals surface area (Å²) in [4.78, 5) is 13.3. The minimum atomic E-state index is -0.467. The zero-order valence-electron chi connectivity index (χ0n) is 10.1. The van der Waals surface area contributed by atoms with Gasteiger partial charge in [-0.3, -0.25) is 4.79 Å². The molecule has 0 radical (unpaired) electrons. The Morgan fingerprint density at radius 1 is 1.33 bits per heavy atom. The van der Waals surface area contributed by atoms with E-state index in [0.29, 0.717) is 13.0 Å². The number of rotatable bonds is 7. The van der Waals surface area contributed by atoms with E-state index in [2.05, 4.69) is 0 Å². The molecule has 15 heavy (non-hydrogen) atoms. The van der Waals surface area contributed by atoms with Gasteiger partial charge in [0.2, 0.25) is 5.91 Å². The minimum Gasteiger partial charge on any atom is -0.394 e. The van der Waals surface area contributed by atoms with Gasteiger partial charge in [0.15, 0.2) is 0 Å². The maximum atomic E-state index is 11.7. The van der Waals surface area contributed by atoms with E-state index >= 15 is 0 Å². The van der Waals surface area contributed by atoms with Gasteiger partial charge in [0, 0.05) is 13.5 Å². The van der Waals surface area contributed by atoms with Crippen molar-refractivity contribution in [2.24, 2.45) is 5.73 Å². The molecule has 0 saturated heterocycles. The molecule has 0 rings (SSSR count). The fourth-order valence-corrected chi connectivity index (χ4v) is 1.21. The van der Waals surface area contributed by atoms with Gasteiger partial charge in [-0.2, -0.15) is 0 Å². The molecular weight excluding hydrogens is 192 g/mol. The second-order valence-corrected chi connectivity index (χ2v) is 4.52. The summed E-state index contributed by atoms with van der Waals surface area (Å²) in [5.41, 5.74) is 4.90. The van der Waals surface area contributed by atoms with Crippen molar-refractivity contribution in [2.75, 3.05) is 20.2 Å². The molecule has 90 valence electrons. The highest BCUT2D eigenvalue weighted by atomic mass is 16.3. The lowest BCUT2D eigenvalue weighted by Crippen LogP contribution is -2.47. The van der Waals surface area contributed by atoms with Crippen LogP contribution in [0.15, 0.2) is 0 Å². The number of aliphatic hydroxyl groups excluding tert-OH is 1. The first kappa shape index (κ1) is 14.4. The molecule has 0 aliphatic heterocycles. The highest BCUT2D eigenvalue weighted by Gasteiger charge is 2.25. The van der Waals surface area contributed by atoms with Crippen LogP contribution < -0.4 is 5.73 Å². The lowest BCUT2D eigenvalue weighted by molar-refractivity contribution is -0.136. The average Bonchev–Trinajstić information content (AvgIpc) is 2.23. The van der Waals surface area contributed by atoms with Gasteiger partial charge in [-0.15, -0.1) is 0 Å². The molecule has 0 aromatic carbocycles. The molecular formula is C11H24N2O2. The molecule has 0 aromatic rings. The van der Waals surface area contributed by atoms with Gasteiger partial charge in [-0.25, -0.2) is 0 Å². The first-order valence-corrected chi connectivity index (χ1v) is 5.53. The lowest BCUT2D eigenvalue weighted by atomic mass is 10.0. The number of hydrogen-bond acceptors (Lipinski definition) is 3. The summed E-state index contributed by atoms with van der Waals surface area (Å²) in [5.74, 6) is 0.0890. The molecule has 1 amide bonds. The Bertz CT molecular complexity index is 193. The van der Waals surface area contributed by atoms with Gasteiger partial charge >= 0.3 is 0 Å². The normalized spacial score (nSPS) is 11.5. The largest absolute Gasteiger partial charge is 0.394 e. The first-order valence-electron chi connectivity index (χ1n) is 5.53. The standard InChI is InChI=1S/C11H24N2O2/c1-11(2,9-14)13(3)10(15)7-5-4-6-8-12/h14H,4-9,12H2,1-3H3. The number of amides is 1. The topological polar surface area (TPSA) is 66.6 Å². The average molecular weight is 216 g/mol. The lowest BCUT2D eigenvalue weighted by Gasteiger charge is -2.34. The SMILES string of the molecule is CN(C(=O)CCCCCN)C(C)(C)CO. The first-order chi connectivity index (χ1) is 6.95. The monoisotopic (exact) mass is 216 g/mol. The van der Waals surface area contributed by atoms with Gasteiger partial charge in [0.25, 0.3) is 0 Å². The maximum Gasteiger partial charge on any atom is 0.222 e. The molecule has 0 saturated carbocycles. The van der Waals surface area contributed by atoms with Crippen LogP contribution in [0.25, 0.3) is 0 Å². The van der Waals surface area contributed by atoms with E-state index in [-0.39, 0.29) is 12.5 Å². The summed E-state index contributed by atoms with van der Waals surface area (Å²) in [6.45, 7) is 4.37. The predicted molar refractivity (Wildman–Crippen MR) is 61.5 cm³/mol. The van der Waals surface area contributed by atoms with Crippen LogP contribution in [0.5, 0.6) is 0 Å². The van der Waals surface area contributed by atoms with Crippen molar-refractivity contribution in [2.45, 2.75) is 45.1 Å². The van der Waals surface area contributed by atoms with Crippen molar-refractivity contribution in [3.8, 4) is 0 Å². The van der Waals surface area contributed by atoms with Crippen LogP contribution in [-0.4, -0.2) is 41.7 Å². The second-order valence-electron chi connectivity index (χ2n) is 4.52. The summed E-state index contributed by atoms with van der Waals surface area (Å²) in [5, 5.41) is 9.11. The fourth-order valence-electron chi connectivity index (χ4n) is 1.21. The van der Waals surface area contributed by atoms with Crippen LogP contribution in [-0.2, 0) is 4.79 Å². The molecule has 0 spiro atoms. The molecule has 0 atom stereocenters. The van der Waals surface area contributed by atoms with Crippen molar-refractivity contribution in [3.05, 3.63) is 0 Å². The summed E-state index contributed by atoms with van der Waals surface area (Å²) in [7, 11) is 1.74. The van der Waals surface area contributed by atoms with E-state index in [0.717, 1.165) is 19.3 Å². The van der Waals surface area contributed by atoms with Crippen LogP contribution in [0.2, 0.25) is 0 Å². The van der Waals surface area contributed by atoms with E-state index in [1.54, 1.807) is 11.9 Å². The summed E-state index contributed by atoms with van der Waals surface area (Å²) >= 11 is 0. The maximum absolute atomic E-state index is 11.7. The summed E-state index contributed by atoms with van der Waals surface area (Å²) in [6.07, 6.45) is 3.39. The Morgan fingerprint density at radius 2 is 1.93 bits per heavy atom. The Morgan fingerprint density at radius 3 is 2.40 bits per heavy atom. The van der Waals surface area contributed by atoms with Gasteiger partial charge in [0.1, 0.15) is 0 Å². The van der Waals surface area contributed by atoms with E-state index in [1.165, 1.54) is 0 Å². The molecule has 0 aliphatic rings. The molecule has 3 N–H and O–H groups in total. The number of hydrogen-bond donors (Lipinski definition) is 2. The Hall–Kier alpha value is -0.610. The molecule has 0 aromatic heterocycles. The Kier molecular flexibility index (Phi) is 6.52. The molecule has 0 unspecified atom stereocenters. The van der Waals surface area contributed by atoms with Crippen LogP contribution in [0.3, 0.4) is 0 Å². The number of carbonyl (C=O) groups excluding carboxylic acids is 1. The third-order valence-corrected chi connectivity index (χ3v) is 2.76. The summed E-state index contributed by atoms with van der Waals surface area (Å²) < 4.78 is 0. The second kappa shape index (κ2) is 6.80. The number of aliphatic hydroxyl groups is 1. The molecule has 0 heterocycles. The number of unbranched alkanes of at least 4 members (excludes halogenated alkanes) is 2. The van der Waals surface area contributed by atoms with E-state index < -0.39 is 5.54 Å². The van der Waals surface area contributed by atoms with Crippen LogP contribution in [0.4, 0.5) is 0 Å². The van der Waals surface area contributed by atoms with Crippen molar-refractivity contribution in [3.63, 3.8) is 0 Å². The third-order valence-electron chi connectivity index (χ3n) is 2.76. The predicted octanol–water partition coefficient (Wildman–Crippen LogP) is 0.735. The van der Waals surface area contributed by atoms with Gasteiger partial charge in [-0.05, 0) is 33.2 Å². The quantitative estimate of drug-likeness (QED) is 0.617. The number of nitrogens with zero attached hydrogens (tertiary/aromatic N) is 1. The number of likely N-dealkylation sites (N-methyl/N-ethyl adjacent to an activating group) is 1. The van der Waals surface area contributed by atoms with Gasteiger partial charge in [-0.1, -0.05) is 6.42 Å². The van der Waals surface area contributed by atoms with Crippen molar-refractivity contribution in [1.29, 1.82) is 0 Å². The highest BCUT2D eigenvalue weighted by Crippen LogP contribution is 2.13. The smallest absolute Gasteiger partial charge is 0.222 e. The zero-order valence-corrected chi connectivity index (χ0v) is 10.1. The van der Waals surface area contributed by atoms with E-state index in [4.69, 9.17) is 10.8 Å². The van der Waals surface area contributed by atoms with Crippen LogP contribution >= 0.6 is 0 Å². The van der Waals surface area contributed by atoms with E-state index in [1.807, 2.05) is 13.8 Å². The van der Waals surface area contributed by atoms with Crippen LogP contribution in [0, 0.1) is 0 Å². The van der Waals surface area contributed by atoms with Gasteiger partial charge in [0.05, 0.1) is 12.1 Å². The molecule has 4 heteroatoms. The fraction of sp³-hybridized carbons (Fsp3) is 0.909. The highest BCUT2D eigenvalue weighted by molar-refractivity contribution is 5.76. The molecule has 0 aliphatic carbocycles. The Labute approximate surface area is 92.4 Å². The van der Waals surface area contributed by atoms with Crippen LogP contribution in [0.1, 0.15) is 39.5 Å². The van der Waals surface area contributed by atoms with E-state index in [9.17, 15) is 4.79 Å². The van der Waals surface area contributed by atoms with Crippen molar-refractivity contribution in [1.82, 2.24) is 4.90 Å². The minimum absolute atomic E-state index is 0.0158. The molecule has 0 bridgehead atoms. The third kappa shape index (κ3) is 5.14. The number of nitrogens with two attached hydrogens (primary N) is 1. The van der Waals surface area contributed by atoms with Crippen molar-refractivity contribution >= 4 is 5.91 Å². The molecule has 0 fully saturated rings. The van der Waals surface area contributed by atoms with Crippen molar-refractivity contribution < 1.29 is 9.90 Å². The number of carbonyl (C=O) groups is 1. The van der Waals surface area contributed by atoms with Gasteiger partial charge < -0.3 is 15.7 Å². The molecule has 4 nitrogen and oxygen atoms in total.